The van der Waals surface area contributed by atoms with E-state index in [-0.39, 0.29) is 17.1 Å². The first kappa shape index (κ1) is 24.2. The maximum absolute atomic E-state index is 12.5. The van der Waals surface area contributed by atoms with Crippen LogP contribution in [0.1, 0.15) is 43.6 Å². The molecular formula is C26H33N3O2S. The van der Waals surface area contributed by atoms with Crippen LogP contribution in [0.3, 0.4) is 0 Å². The molecule has 1 aromatic rings. The highest BCUT2D eigenvalue weighted by atomic mass is 32.2. The Morgan fingerprint density at radius 2 is 1.81 bits per heavy atom. The largest absolute Gasteiger partial charge is 0.351 e. The van der Waals surface area contributed by atoms with E-state index in [2.05, 4.69) is 42.9 Å². The van der Waals surface area contributed by atoms with Gasteiger partial charge in [0.25, 0.3) is 11.8 Å². The van der Waals surface area contributed by atoms with Gasteiger partial charge in [-0.2, -0.15) is 0 Å². The van der Waals surface area contributed by atoms with Crippen molar-refractivity contribution in [2.24, 2.45) is 16.8 Å². The summed E-state index contributed by atoms with van der Waals surface area (Å²) in [6, 6.07) is 7.35. The van der Waals surface area contributed by atoms with Crippen molar-refractivity contribution in [2.75, 3.05) is 26.2 Å². The lowest BCUT2D eigenvalue weighted by Crippen LogP contribution is -2.38. The molecule has 0 saturated carbocycles. The summed E-state index contributed by atoms with van der Waals surface area (Å²) in [5.41, 5.74) is 2.30. The third-order valence-corrected chi connectivity index (χ3v) is 6.28. The van der Waals surface area contributed by atoms with Crippen LogP contribution in [-0.4, -0.2) is 53.9 Å². The van der Waals surface area contributed by atoms with Gasteiger partial charge in [0, 0.05) is 31.7 Å². The lowest BCUT2D eigenvalue weighted by molar-refractivity contribution is -0.113. The Morgan fingerprint density at radius 1 is 1.12 bits per heavy atom. The number of fused-ring (bicyclic) bond motifs is 1. The van der Waals surface area contributed by atoms with Gasteiger partial charge in [-0.05, 0) is 41.7 Å². The second-order valence-electron chi connectivity index (χ2n) is 9.06. The SMILES string of the molecule is CC(C)CN(CCNC(=O)c1ccc(/C=C2/SC3C=CC=CC3=NC2=O)cc1)CC(C)C. The summed E-state index contributed by atoms with van der Waals surface area (Å²) >= 11 is 1.51. The topological polar surface area (TPSA) is 61.8 Å². The van der Waals surface area contributed by atoms with Gasteiger partial charge in [-0.25, -0.2) is 4.99 Å². The van der Waals surface area contributed by atoms with Crippen molar-refractivity contribution >= 4 is 35.4 Å². The summed E-state index contributed by atoms with van der Waals surface area (Å²) < 4.78 is 0. The molecule has 2 aliphatic rings. The van der Waals surface area contributed by atoms with Crippen LogP contribution >= 0.6 is 11.8 Å². The highest BCUT2D eigenvalue weighted by molar-refractivity contribution is 8.05. The monoisotopic (exact) mass is 451 g/mol. The molecule has 1 atom stereocenters. The molecule has 0 aromatic heterocycles. The number of benzene rings is 1. The Bertz CT molecular complexity index is 932. The lowest BCUT2D eigenvalue weighted by Gasteiger charge is -2.26. The van der Waals surface area contributed by atoms with Crippen LogP contribution in [0.4, 0.5) is 0 Å². The van der Waals surface area contributed by atoms with E-state index in [1.165, 1.54) is 11.8 Å². The third kappa shape index (κ3) is 7.04. The second kappa shape index (κ2) is 11.4. The highest BCUT2D eigenvalue weighted by Gasteiger charge is 2.25. The maximum atomic E-state index is 12.5. The van der Waals surface area contributed by atoms with E-state index in [4.69, 9.17) is 0 Å². The minimum atomic E-state index is -0.213. The van der Waals surface area contributed by atoms with Crippen molar-refractivity contribution in [1.82, 2.24) is 10.2 Å². The normalized spacial score (nSPS) is 19.1. The van der Waals surface area contributed by atoms with E-state index in [9.17, 15) is 9.59 Å². The number of allylic oxidation sites excluding steroid dienone is 3. The van der Waals surface area contributed by atoms with Crippen molar-refractivity contribution < 1.29 is 9.59 Å². The molecule has 0 bridgehead atoms. The van der Waals surface area contributed by atoms with Gasteiger partial charge in [0.2, 0.25) is 0 Å². The number of nitrogens with zero attached hydrogens (tertiary/aromatic N) is 2. The van der Waals surface area contributed by atoms with E-state index < -0.39 is 0 Å². The molecule has 0 saturated heterocycles. The molecule has 1 aliphatic heterocycles. The third-order valence-electron chi connectivity index (χ3n) is 5.08. The predicted octanol–water partition coefficient (Wildman–Crippen LogP) is 4.58. The van der Waals surface area contributed by atoms with Crippen LogP contribution < -0.4 is 5.32 Å². The number of carbonyl (C=O) groups is 2. The summed E-state index contributed by atoms with van der Waals surface area (Å²) in [5, 5.41) is 3.11. The van der Waals surface area contributed by atoms with Gasteiger partial charge in [0.15, 0.2) is 0 Å². The molecule has 0 fully saturated rings. The first-order chi connectivity index (χ1) is 15.3. The number of aliphatic imine (C=N–C) groups is 1. The van der Waals surface area contributed by atoms with E-state index in [0.29, 0.717) is 28.8 Å². The molecule has 1 aliphatic carbocycles. The molecule has 32 heavy (non-hydrogen) atoms. The Hall–Kier alpha value is -2.44. The standard InChI is InChI=1S/C26H33N3O2S/c1-18(2)16-29(17-19(3)4)14-13-27-25(30)21-11-9-20(10-12-21)15-24-26(31)28-22-7-5-6-8-23(22)32-24/h5-12,15,18-19,23H,13-14,16-17H2,1-4H3,(H,27,30)/b24-15+. The Labute approximate surface area is 195 Å². The average molecular weight is 452 g/mol. The summed E-state index contributed by atoms with van der Waals surface area (Å²) in [6.45, 7) is 12.4. The van der Waals surface area contributed by atoms with Gasteiger partial charge in [-0.3, -0.25) is 9.59 Å². The number of carbonyl (C=O) groups excluding carboxylic acids is 2. The maximum Gasteiger partial charge on any atom is 0.283 e. The molecule has 1 unspecified atom stereocenters. The minimum absolute atomic E-state index is 0.0743. The molecule has 3 rings (SSSR count). The summed E-state index contributed by atoms with van der Waals surface area (Å²) in [6.07, 6.45) is 9.64. The van der Waals surface area contributed by atoms with Crippen LogP contribution in [0.2, 0.25) is 0 Å². The number of hydrogen-bond donors (Lipinski definition) is 1. The van der Waals surface area contributed by atoms with Crippen molar-refractivity contribution in [1.29, 1.82) is 0 Å². The van der Waals surface area contributed by atoms with Gasteiger partial charge < -0.3 is 10.2 Å². The van der Waals surface area contributed by atoms with Crippen molar-refractivity contribution in [3.05, 3.63) is 64.6 Å². The molecule has 1 aromatic carbocycles. The van der Waals surface area contributed by atoms with Gasteiger partial charge in [-0.15, -0.1) is 11.8 Å². The predicted molar refractivity (Wildman–Crippen MR) is 135 cm³/mol. The van der Waals surface area contributed by atoms with E-state index in [1.54, 1.807) is 12.1 Å². The quantitative estimate of drug-likeness (QED) is 0.558. The zero-order chi connectivity index (χ0) is 23.1. The lowest BCUT2D eigenvalue weighted by atomic mass is 10.1. The summed E-state index contributed by atoms with van der Waals surface area (Å²) in [4.78, 5) is 32.1. The van der Waals surface area contributed by atoms with Crippen molar-refractivity contribution in [3.8, 4) is 0 Å². The molecule has 2 amide bonds. The summed E-state index contributed by atoms with van der Waals surface area (Å²) in [5.74, 6) is 0.913. The van der Waals surface area contributed by atoms with Gasteiger partial charge >= 0.3 is 0 Å². The van der Waals surface area contributed by atoms with Gasteiger partial charge in [0.05, 0.1) is 15.9 Å². The van der Waals surface area contributed by atoms with Crippen LogP contribution in [-0.2, 0) is 4.79 Å². The van der Waals surface area contributed by atoms with E-state index >= 15 is 0 Å². The number of amides is 2. The van der Waals surface area contributed by atoms with Crippen LogP contribution in [0.15, 0.2) is 58.5 Å². The molecule has 1 heterocycles. The smallest absolute Gasteiger partial charge is 0.283 e. The van der Waals surface area contributed by atoms with Gasteiger partial charge in [-0.1, -0.05) is 58.1 Å². The Morgan fingerprint density at radius 3 is 2.47 bits per heavy atom. The first-order valence-corrected chi connectivity index (χ1v) is 12.2. The minimum Gasteiger partial charge on any atom is -0.351 e. The fraction of sp³-hybridized carbons (Fsp3) is 0.423. The molecule has 5 nitrogen and oxygen atoms in total. The van der Waals surface area contributed by atoms with Gasteiger partial charge in [0.1, 0.15) is 0 Å². The van der Waals surface area contributed by atoms with Crippen LogP contribution in [0.25, 0.3) is 6.08 Å². The number of nitrogens with one attached hydrogen (secondary N) is 1. The number of rotatable bonds is 9. The number of hydrogen-bond acceptors (Lipinski definition) is 4. The van der Waals surface area contributed by atoms with Crippen LogP contribution in [0, 0.1) is 11.8 Å². The Balaban J connectivity index is 1.56. The van der Waals surface area contributed by atoms with Crippen molar-refractivity contribution in [2.45, 2.75) is 32.9 Å². The fourth-order valence-electron chi connectivity index (χ4n) is 3.77. The Kier molecular flexibility index (Phi) is 8.65. The molecule has 0 spiro atoms. The van der Waals surface area contributed by atoms with E-state index in [0.717, 1.165) is 30.9 Å². The van der Waals surface area contributed by atoms with Crippen LogP contribution in [0.5, 0.6) is 0 Å². The fourth-order valence-corrected chi connectivity index (χ4v) is 4.82. The first-order valence-electron chi connectivity index (χ1n) is 11.3. The zero-order valence-corrected chi connectivity index (χ0v) is 20.2. The summed E-state index contributed by atoms with van der Waals surface area (Å²) in [7, 11) is 0. The molecule has 170 valence electrons. The highest BCUT2D eigenvalue weighted by Crippen LogP contribution is 2.32. The average Bonchev–Trinajstić information content (AvgIpc) is 2.73. The molecule has 1 N–H and O–H groups in total. The van der Waals surface area contributed by atoms with Crippen molar-refractivity contribution in [3.63, 3.8) is 0 Å². The molecule has 6 heteroatoms. The van der Waals surface area contributed by atoms with E-state index in [1.807, 2.05) is 42.5 Å². The molecular weight excluding hydrogens is 418 g/mol. The second-order valence-corrected chi connectivity index (χ2v) is 10.2. The zero-order valence-electron chi connectivity index (χ0n) is 19.4. The molecule has 0 radical (unpaired) electrons. The number of thioether (sulfide) groups is 1.